The van der Waals surface area contributed by atoms with Gasteiger partial charge >= 0.3 is 6.09 Å². The summed E-state index contributed by atoms with van der Waals surface area (Å²) in [5.74, 6) is -0.420. The summed E-state index contributed by atoms with van der Waals surface area (Å²) in [5, 5.41) is 11.5. The number of halogens is 2. The highest BCUT2D eigenvalue weighted by Crippen LogP contribution is 2.28. The minimum atomic E-state index is -0.994. The van der Waals surface area contributed by atoms with Gasteiger partial charge in [-0.1, -0.05) is 11.6 Å². The normalized spacial score (nSPS) is 27.9. The van der Waals surface area contributed by atoms with E-state index in [1.807, 2.05) is 6.92 Å². The van der Waals surface area contributed by atoms with Crippen LogP contribution in [0.25, 0.3) is 0 Å². The number of carboxylic acid groups (broad SMARTS) is 1. The van der Waals surface area contributed by atoms with Gasteiger partial charge in [-0.3, -0.25) is 4.79 Å². The fourth-order valence-electron chi connectivity index (χ4n) is 2.62. The number of hydrogen-bond donors (Lipinski definition) is 2. The molecule has 0 spiro atoms. The molecule has 2 amide bonds. The van der Waals surface area contributed by atoms with Gasteiger partial charge in [0, 0.05) is 18.9 Å². The van der Waals surface area contributed by atoms with Gasteiger partial charge in [0.25, 0.3) is 5.91 Å². The second-order valence-electron chi connectivity index (χ2n) is 5.40. The molecule has 2 heterocycles. The molecule has 0 bridgehead atoms. The van der Waals surface area contributed by atoms with Crippen molar-refractivity contribution in [2.75, 3.05) is 19.7 Å². The summed E-state index contributed by atoms with van der Waals surface area (Å²) in [6, 6.07) is -0.306. The molecule has 1 unspecified atom stereocenters. The van der Waals surface area contributed by atoms with Crippen molar-refractivity contribution >= 4 is 40.9 Å². The third-order valence-electron chi connectivity index (χ3n) is 3.85. The number of rotatable bonds is 4. The Morgan fingerprint density at radius 3 is 2.74 bits per heavy atom. The van der Waals surface area contributed by atoms with Gasteiger partial charge in [0.15, 0.2) is 0 Å². The molecule has 0 saturated carbocycles. The van der Waals surface area contributed by atoms with Gasteiger partial charge in [-0.2, -0.15) is 0 Å². The number of nitrogens with one attached hydrogen (secondary N) is 1. The van der Waals surface area contributed by atoms with E-state index in [1.165, 1.54) is 4.90 Å². The molecule has 2 N–H and O–H groups in total. The zero-order chi connectivity index (χ0) is 17.1. The summed E-state index contributed by atoms with van der Waals surface area (Å²) < 4.78 is 5.58. The molecule has 128 valence electrons. The summed E-state index contributed by atoms with van der Waals surface area (Å²) in [7, 11) is 0. The van der Waals surface area contributed by atoms with Gasteiger partial charge in [0.1, 0.15) is 11.1 Å². The minimum absolute atomic E-state index is 0.111. The highest BCUT2D eigenvalue weighted by molar-refractivity contribution is 6.46. The second-order valence-corrected chi connectivity index (χ2v) is 6.25. The number of hydrogen-bond acceptors (Lipinski definition) is 4. The van der Waals surface area contributed by atoms with Crippen molar-refractivity contribution in [1.29, 1.82) is 0 Å². The van der Waals surface area contributed by atoms with Crippen molar-refractivity contribution < 1.29 is 19.4 Å². The first-order valence-corrected chi connectivity index (χ1v) is 8.15. The molecule has 7 nitrogen and oxygen atoms in total. The average molecular weight is 364 g/mol. The van der Waals surface area contributed by atoms with Crippen LogP contribution in [0.1, 0.15) is 20.3 Å². The van der Waals surface area contributed by atoms with E-state index in [4.69, 9.17) is 33.0 Å². The Kier molecular flexibility index (Phi) is 5.89. The molecule has 23 heavy (non-hydrogen) atoms. The van der Waals surface area contributed by atoms with Crippen LogP contribution in [-0.4, -0.2) is 64.9 Å². The predicted octanol–water partition coefficient (Wildman–Crippen LogP) is 1.79. The third-order valence-corrected chi connectivity index (χ3v) is 4.89. The number of aliphatic imine (C=N–C) groups is 1. The summed E-state index contributed by atoms with van der Waals surface area (Å²) in [6.07, 6.45) is -0.946. The number of amides is 2. The maximum atomic E-state index is 12.4. The van der Waals surface area contributed by atoms with Gasteiger partial charge in [0.05, 0.1) is 23.7 Å². The van der Waals surface area contributed by atoms with Crippen LogP contribution in [0.4, 0.5) is 4.79 Å². The Balaban J connectivity index is 2.06. The molecule has 2 rings (SSSR count). The van der Waals surface area contributed by atoms with E-state index >= 15 is 0 Å². The van der Waals surface area contributed by atoms with Gasteiger partial charge < -0.3 is 20.1 Å². The lowest BCUT2D eigenvalue weighted by Gasteiger charge is -2.37. The van der Waals surface area contributed by atoms with Crippen LogP contribution in [0, 0.1) is 0 Å². The number of ether oxygens (including phenoxy) is 1. The molecule has 0 aromatic heterocycles. The number of carbonyl (C=O) groups excluding carboxylic acids is 1. The fraction of sp³-hybridized carbons (Fsp3) is 0.643. The quantitative estimate of drug-likeness (QED) is 0.744. The van der Waals surface area contributed by atoms with Crippen LogP contribution in [0.2, 0.25) is 0 Å². The van der Waals surface area contributed by atoms with Crippen molar-refractivity contribution in [2.24, 2.45) is 4.99 Å². The topological polar surface area (TPSA) is 91.2 Å². The molecular formula is C14H19Cl2N3O4. The molecule has 3 atom stereocenters. The molecule has 9 heteroatoms. The van der Waals surface area contributed by atoms with Crippen LogP contribution in [0.5, 0.6) is 0 Å². The second kappa shape index (κ2) is 7.51. The lowest BCUT2D eigenvalue weighted by Crippen LogP contribution is -2.56. The van der Waals surface area contributed by atoms with Gasteiger partial charge in [0.2, 0.25) is 0 Å². The summed E-state index contributed by atoms with van der Waals surface area (Å²) in [6.45, 7) is 4.49. The molecule has 2 aliphatic rings. The summed E-state index contributed by atoms with van der Waals surface area (Å²) in [5.41, 5.74) is 0.684. The molecule has 0 aromatic carbocycles. The Hall–Kier alpha value is -1.31. The highest BCUT2D eigenvalue weighted by atomic mass is 35.5. The smallest absolute Gasteiger partial charge is 0.407 e. The standard InChI is InChI=1S/C14H19Cl2N3O4/c1-3-23-9-6-19(14(21)22)5-4-8(9)18-13(20)12-11(16)10(15)7(2)17-12/h8-10H,3-6H2,1-2H3,(H,18,20)(H,21,22)/t8-,9+,10?/m1/s1. The van der Waals surface area contributed by atoms with Crippen molar-refractivity contribution in [1.82, 2.24) is 10.2 Å². The number of piperidine rings is 1. The summed E-state index contributed by atoms with van der Waals surface area (Å²) in [4.78, 5) is 28.8. The molecule has 0 radical (unpaired) electrons. The van der Waals surface area contributed by atoms with Crippen molar-refractivity contribution in [2.45, 2.75) is 37.8 Å². The maximum Gasteiger partial charge on any atom is 0.407 e. The molecule has 1 fully saturated rings. The van der Waals surface area contributed by atoms with E-state index in [1.54, 1.807) is 6.92 Å². The Morgan fingerprint density at radius 2 is 2.22 bits per heavy atom. The van der Waals surface area contributed by atoms with E-state index in [0.717, 1.165) is 0 Å². The average Bonchev–Trinajstić information content (AvgIpc) is 2.76. The van der Waals surface area contributed by atoms with Crippen LogP contribution < -0.4 is 5.32 Å². The molecule has 1 saturated heterocycles. The lowest BCUT2D eigenvalue weighted by molar-refractivity contribution is -0.120. The van der Waals surface area contributed by atoms with Gasteiger partial charge in [-0.05, 0) is 20.3 Å². The zero-order valence-electron chi connectivity index (χ0n) is 12.9. The van der Waals surface area contributed by atoms with Crippen LogP contribution in [0.3, 0.4) is 0 Å². The summed E-state index contributed by atoms with van der Waals surface area (Å²) >= 11 is 12.1. The molecule has 0 aliphatic carbocycles. The number of allylic oxidation sites excluding steroid dienone is 1. The first-order valence-electron chi connectivity index (χ1n) is 7.34. The molecule has 0 aromatic rings. The van der Waals surface area contributed by atoms with E-state index in [0.29, 0.717) is 25.3 Å². The van der Waals surface area contributed by atoms with Crippen LogP contribution >= 0.6 is 23.2 Å². The van der Waals surface area contributed by atoms with Crippen molar-refractivity contribution in [3.05, 3.63) is 10.7 Å². The highest BCUT2D eigenvalue weighted by Gasteiger charge is 2.35. The molecule has 2 aliphatic heterocycles. The van der Waals surface area contributed by atoms with E-state index in [9.17, 15) is 9.59 Å². The third kappa shape index (κ3) is 3.97. The number of alkyl halides is 1. The lowest BCUT2D eigenvalue weighted by atomic mass is 10.0. The van der Waals surface area contributed by atoms with E-state index < -0.39 is 23.5 Å². The molecular weight excluding hydrogens is 345 g/mol. The predicted molar refractivity (Wildman–Crippen MR) is 87.2 cm³/mol. The van der Waals surface area contributed by atoms with Crippen LogP contribution in [-0.2, 0) is 9.53 Å². The maximum absolute atomic E-state index is 12.4. The zero-order valence-corrected chi connectivity index (χ0v) is 14.4. The van der Waals surface area contributed by atoms with Crippen LogP contribution in [0.15, 0.2) is 15.7 Å². The largest absolute Gasteiger partial charge is 0.465 e. The van der Waals surface area contributed by atoms with E-state index in [2.05, 4.69) is 10.3 Å². The van der Waals surface area contributed by atoms with Crippen molar-refractivity contribution in [3.8, 4) is 0 Å². The first kappa shape index (κ1) is 18.0. The SMILES string of the molecule is CCO[C@H]1CN(C(=O)O)CC[C@H]1NC(=O)C1=C(Cl)C(Cl)C(C)=N1. The van der Waals surface area contributed by atoms with Gasteiger partial charge in [-0.25, -0.2) is 9.79 Å². The Labute approximate surface area is 144 Å². The van der Waals surface area contributed by atoms with E-state index in [-0.39, 0.29) is 23.3 Å². The Morgan fingerprint density at radius 1 is 1.52 bits per heavy atom. The monoisotopic (exact) mass is 363 g/mol. The van der Waals surface area contributed by atoms with Crippen molar-refractivity contribution in [3.63, 3.8) is 0 Å². The Bertz CT molecular complexity index is 564. The fourth-order valence-corrected chi connectivity index (χ4v) is 3.06. The number of carbonyl (C=O) groups is 2. The number of nitrogens with zero attached hydrogens (tertiary/aromatic N) is 2. The first-order chi connectivity index (χ1) is 10.8. The minimum Gasteiger partial charge on any atom is -0.465 e. The number of likely N-dealkylation sites (tertiary alicyclic amines) is 1. The van der Waals surface area contributed by atoms with Gasteiger partial charge in [-0.15, -0.1) is 11.6 Å².